The molecule has 2 heterocycles. The van der Waals surface area contributed by atoms with Gasteiger partial charge in [0.15, 0.2) is 0 Å². The van der Waals surface area contributed by atoms with Gasteiger partial charge in [-0.2, -0.15) is 4.31 Å². The molecule has 4 aliphatic carbocycles. The van der Waals surface area contributed by atoms with Crippen LogP contribution >= 0.6 is 0 Å². The summed E-state index contributed by atoms with van der Waals surface area (Å²) in [6, 6.07) is -0.560. The first-order chi connectivity index (χ1) is 13.7. The van der Waals surface area contributed by atoms with Crippen molar-refractivity contribution in [2.75, 3.05) is 39.0 Å². The van der Waals surface area contributed by atoms with E-state index in [1.807, 2.05) is 4.90 Å². The molecule has 0 N–H and O–H groups in total. The van der Waals surface area contributed by atoms with Crippen LogP contribution in [0.2, 0.25) is 0 Å². The van der Waals surface area contributed by atoms with Gasteiger partial charge in [0.2, 0.25) is 21.8 Å². The standard InChI is InChI=1S/C21H33N3O4S/c1-29(27,28)24-4-2-3-18(24)19(25)22-5-7-23(8-6-22)20(26)21-12-15-9-16(13-21)11-17(10-15)14-21/h15-18H,2-14H2,1H3. The topological polar surface area (TPSA) is 78.0 Å². The zero-order valence-corrected chi connectivity index (χ0v) is 18.2. The Morgan fingerprint density at radius 1 is 0.828 bits per heavy atom. The van der Waals surface area contributed by atoms with Crippen molar-refractivity contribution in [2.45, 2.75) is 57.4 Å². The lowest BCUT2D eigenvalue weighted by Gasteiger charge is -2.57. The Morgan fingerprint density at radius 3 is 1.86 bits per heavy atom. The van der Waals surface area contributed by atoms with Crippen LogP contribution in [-0.4, -0.2) is 79.4 Å². The summed E-state index contributed by atoms with van der Waals surface area (Å²) in [6.07, 6.45) is 9.70. The van der Waals surface area contributed by atoms with Gasteiger partial charge in [0, 0.05) is 32.7 Å². The van der Waals surface area contributed by atoms with Crippen molar-refractivity contribution in [1.82, 2.24) is 14.1 Å². The maximum absolute atomic E-state index is 13.5. The molecule has 0 aromatic heterocycles. The molecule has 4 bridgehead atoms. The minimum absolute atomic E-state index is 0.0881. The Hall–Kier alpha value is -1.15. The number of hydrogen-bond acceptors (Lipinski definition) is 4. The van der Waals surface area contributed by atoms with Crippen LogP contribution in [-0.2, 0) is 19.6 Å². The molecule has 0 radical (unpaired) electrons. The van der Waals surface area contributed by atoms with E-state index < -0.39 is 16.1 Å². The summed E-state index contributed by atoms with van der Waals surface area (Å²) in [5.74, 6) is 2.49. The highest BCUT2D eigenvalue weighted by molar-refractivity contribution is 7.88. The van der Waals surface area contributed by atoms with Gasteiger partial charge in [-0.3, -0.25) is 9.59 Å². The lowest BCUT2D eigenvalue weighted by molar-refractivity contribution is -0.160. The molecule has 0 spiro atoms. The SMILES string of the molecule is CS(=O)(=O)N1CCCC1C(=O)N1CCN(C(=O)C23CC4CC(CC(C4)C2)C3)CC1. The van der Waals surface area contributed by atoms with Crippen molar-refractivity contribution >= 4 is 21.8 Å². The molecule has 162 valence electrons. The molecule has 2 amide bonds. The number of carbonyl (C=O) groups excluding carboxylic acids is 2. The average molecular weight is 424 g/mol. The number of sulfonamides is 1. The maximum Gasteiger partial charge on any atom is 0.241 e. The Balaban J connectivity index is 1.22. The van der Waals surface area contributed by atoms with Crippen LogP contribution in [0.15, 0.2) is 0 Å². The van der Waals surface area contributed by atoms with Gasteiger partial charge in [0.05, 0.1) is 11.7 Å². The molecule has 6 aliphatic rings. The molecule has 4 saturated carbocycles. The summed E-state index contributed by atoms with van der Waals surface area (Å²) in [6.45, 7) is 2.63. The fourth-order valence-electron chi connectivity index (χ4n) is 7.43. The first-order valence-electron chi connectivity index (χ1n) is 11.3. The van der Waals surface area contributed by atoms with Gasteiger partial charge in [0.1, 0.15) is 6.04 Å². The van der Waals surface area contributed by atoms with Crippen LogP contribution in [0, 0.1) is 23.2 Å². The minimum Gasteiger partial charge on any atom is -0.339 e. The number of nitrogens with zero attached hydrogens (tertiary/aromatic N) is 3. The lowest BCUT2D eigenvalue weighted by atomic mass is 9.49. The van der Waals surface area contributed by atoms with Crippen LogP contribution in [0.25, 0.3) is 0 Å². The highest BCUT2D eigenvalue weighted by Gasteiger charge is 2.55. The Morgan fingerprint density at radius 2 is 1.34 bits per heavy atom. The second-order valence-electron chi connectivity index (χ2n) is 10.3. The summed E-state index contributed by atoms with van der Waals surface area (Å²) in [5, 5.41) is 0. The third kappa shape index (κ3) is 3.40. The second-order valence-corrected chi connectivity index (χ2v) is 12.3. The van der Waals surface area contributed by atoms with Gasteiger partial charge in [0.25, 0.3) is 0 Å². The van der Waals surface area contributed by atoms with E-state index in [2.05, 4.69) is 0 Å². The Kier molecular flexibility index (Phi) is 4.74. The van der Waals surface area contributed by atoms with Crippen LogP contribution in [0.3, 0.4) is 0 Å². The van der Waals surface area contributed by atoms with Gasteiger partial charge in [-0.25, -0.2) is 8.42 Å². The zero-order valence-electron chi connectivity index (χ0n) is 17.4. The van der Waals surface area contributed by atoms with Crippen molar-refractivity contribution in [3.05, 3.63) is 0 Å². The first-order valence-corrected chi connectivity index (χ1v) is 13.1. The predicted molar refractivity (Wildman–Crippen MR) is 108 cm³/mol. The van der Waals surface area contributed by atoms with Crippen molar-refractivity contribution < 1.29 is 18.0 Å². The highest BCUT2D eigenvalue weighted by atomic mass is 32.2. The highest BCUT2D eigenvalue weighted by Crippen LogP contribution is 2.60. The summed E-state index contributed by atoms with van der Waals surface area (Å²) < 4.78 is 25.3. The van der Waals surface area contributed by atoms with Crippen LogP contribution in [0.4, 0.5) is 0 Å². The van der Waals surface area contributed by atoms with Crippen molar-refractivity contribution in [2.24, 2.45) is 23.2 Å². The van der Waals surface area contributed by atoms with Crippen molar-refractivity contribution in [3.63, 3.8) is 0 Å². The molecular weight excluding hydrogens is 390 g/mol. The van der Waals surface area contributed by atoms with Crippen LogP contribution in [0.5, 0.6) is 0 Å². The van der Waals surface area contributed by atoms with Gasteiger partial charge in [-0.1, -0.05) is 0 Å². The quantitative estimate of drug-likeness (QED) is 0.685. The smallest absolute Gasteiger partial charge is 0.241 e. The molecule has 2 saturated heterocycles. The normalized spacial score (nSPS) is 39.9. The molecule has 6 fully saturated rings. The van der Waals surface area contributed by atoms with Crippen molar-refractivity contribution in [3.8, 4) is 0 Å². The molecule has 29 heavy (non-hydrogen) atoms. The molecular formula is C21H33N3O4S. The van der Waals surface area contributed by atoms with E-state index in [4.69, 9.17) is 0 Å². The summed E-state index contributed by atoms with van der Waals surface area (Å²) in [7, 11) is -3.36. The molecule has 1 atom stereocenters. The lowest BCUT2D eigenvalue weighted by Crippen LogP contribution is -2.60. The molecule has 6 rings (SSSR count). The van der Waals surface area contributed by atoms with E-state index in [0.717, 1.165) is 43.4 Å². The number of rotatable bonds is 3. The fourth-order valence-corrected chi connectivity index (χ4v) is 8.55. The molecule has 0 aromatic carbocycles. The van der Waals surface area contributed by atoms with E-state index in [-0.39, 0.29) is 11.3 Å². The van der Waals surface area contributed by atoms with Crippen LogP contribution in [0.1, 0.15) is 51.4 Å². The van der Waals surface area contributed by atoms with Crippen LogP contribution < -0.4 is 0 Å². The second kappa shape index (κ2) is 6.94. The zero-order chi connectivity index (χ0) is 20.4. The number of carbonyl (C=O) groups is 2. The number of amides is 2. The monoisotopic (exact) mass is 423 g/mol. The number of piperazine rings is 1. The third-order valence-electron chi connectivity index (χ3n) is 8.29. The van der Waals surface area contributed by atoms with E-state index in [9.17, 15) is 18.0 Å². The van der Waals surface area contributed by atoms with Crippen molar-refractivity contribution in [1.29, 1.82) is 0 Å². The number of hydrogen-bond donors (Lipinski definition) is 0. The molecule has 8 heteroatoms. The Labute approximate surface area is 173 Å². The Bertz CT molecular complexity index is 767. The third-order valence-corrected chi connectivity index (χ3v) is 9.57. The predicted octanol–water partition coefficient (Wildman–Crippen LogP) is 1.30. The van der Waals surface area contributed by atoms with E-state index in [1.165, 1.54) is 29.8 Å². The summed E-state index contributed by atoms with van der Waals surface area (Å²) in [4.78, 5) is 30.3. The van der Waals surface area contributed by atoms with Gasteiger partial charge < -0.3 is 9.80 Å². The average Bonchev–Trinajstić information content (AvgIpc) is 3.16. The van der Waals surface area contributed by atoms with Gasteiger partial charge >= 0.3 is 0 Å². The molecule has 7 nitrogen and oxygen atoms in total. The molecule has 1 unspecified atom stereocenters. The first kappa shape index (κ1) is 19.8. The van der Waals surface area contributed by atoms with E-state index >= 15 is 0 Å². The fraction of sp³-hybridized carbons (Fsp3) is 0.905. The van der Waals surface area contributed by atoms with E-state index in [0.29, 0.717) is 45.1 Å². The van der Waals surface area contributed by atoms with Gasteiger partial charge in [-0.05, 0) is 69.1 Å². The maximum atomic E-state index is 13.5. The molecule has 2 aliphatic heterocycles. The van der Waals surface area contributed by atoms with Gasteiger partial charge in [-0.15, -0.1) is 0 Å². The summed E-state index contributed by atoms with van der Waals surface area (Å²) in [5.41, 5.74) is -0.126. The molecule has 0 aromatic rings. The summed E-state index contributed by atoms with van der Waals surface area (Å²) >= 11 is 0. The largest absolute Gasteiger partial charge is 0.339 e. The minimum atomic E-state index is -3.36. The van der Waals surface area contributed by atoms with E-state index in [1.54, 1.807) is 4.90 Å².